The van der Waals surface area contributed by atoms with Crippen LogP contribution in [0.25, 0.3) is 10.9 Å². The summed E-state index contributed by atoms with van der Waals surface area (Å²) in [4.78, 5) is 15.4. The van der Waals surface area contributed by atoms with Gasteiger partial charge < -0.3 is 14.8 Å². The molecule has 0 bridgehead atoms. The molecule has 23 heavy (non-hydrogen) atoms. The molecule has 0 saturated carbocycles. The number of benzene rings is 2. The van der Waals surface area contributed by atoms with E-state index in [4.69, 9.17) is 27.9 Å². The van der Waals surface area contributed by atoms with E-state index in [9.17, 15) is 9.90 Å². The van der Waals surface area contributed by atoms with Gasteiger partial charge in [0.1, 0.15) is 17.4 Å². The summed E-state index contributed by atoms with van der Waals surface area (Å²) in [5.41, 5.74) is 2.33. The summed E-state index contributed by atoms with van der Waals surface area (Å²) in [6.45, 7) is 1.90. The van der Waals surface area contributed by atoms with E-state index in [0.717, 1.165) is 5.56 Å². The molecule has 0 amide bonds. The fraction of sp³-hybridized carbons (Fsp3) is 0.118. The number of carbonyl (C=O) groups excluding carboxylic acids is 1. The van der Waals surface area contributed by atoms with Crippen LogP contribution in [0.5, 0.6) is 5.75 Å². The van der Waals surface area contributed by atoms with E-state index in [-0.39, 0.29) is 22.4 Å². The molecule has 3 rings (SSSR count). The first-order valence-electron chi connectivity index (χ1n) is 6.89. The van der Waals surface area contributed by atoms with Crippen molar-refractivity contribution >= 4 is 40.1 Å². The Balaban J connectivity index is 1.96. The molecule has 1 heterocycles. The highest BCUT2D eigenvalue weighted by Crippen LogP contribution is 2.39. The molecule has 0 spiro atoms. The van der Waals surface area contributed by atoms with Crippen LogP contribution in [0.3, 0.4) is 0 Å². The molecule has 0 atom stereocenters. The number of carbonyl (C=O) groups is 1. The van der Waals surface area contributed by atoms with Crippen molar-refractivity contribution in [2.24, 2.45) is 0 Å². The van der Waals surface area contributed by atoms with Crippen molar-refractivity contribution in [3.05, 3.63) is 63.3 Å². The smallest absolute Gasteiger partial charge is 0.340 e. The molecular formula is C17H13Cl2NO3. The lowest BCUT2D eigenvalue weighted by Gasteiger charge is -2.06. The van der Waals surface area contributed by atoms with Crippen LogP contribution >= 0.6 is 23.2 Å². The van der Waals surface area contributed by atoms with Crippen LogP contribution in [0.2, 0.25) is 10.0 Å². The minimum absolute atomic E-state index is 0.0459. The first-order chi connectivity index (χ1) is 11.0. The third-order valence-electron chi connectivity index (χ3n) is 3.56. The molecule has 118 valence electrons. The monoisotopic (exact) mass is 349 g/mol. The molecule has 6 heteroatoms. The van der Waals surface area contributed by atoms with Crippen LogP contribution < -0.4 is 0 Å². The average molecular weight is 350 g/mol. The Hall–Kier alpha value is -2.17. The van der Waals surface area contributed by atoms with Gasteiger partial charge in [-0.25, -0.2) is 4.79 Å². The number of aromatic nitrogens is 1. The van der Waals surface area contributed by atoms with Crippen molar-refractivity contribution < 1.29 is 14.6 Å². The Kier molecular flexibility index (Phi) is 4.20. The number of aromatic hydroxyl groups is 1. The first-order valence-corrected chi connectivity index (χ1v) is 7.65. The zero-order valence-electron chi connectivity index (χ0n) is 12.2. The Morgan fingerprint density at radius 2 is 1.91 bits per heavy atom. The van der Waals surface area contributed by atoms with Crippen molar-refractivity contribution in [1.82, 2.24) is 4.98 Å². The number of phenolic OH excluding ortho intramolecular Hbond substituents is 1. The number of halogens is 2. The average Bonchev–Trinajstić information content (AvgIpc) is 2.88. The van der Waals surface area contributed by atoms with E-state index >= 15 is 0 Å². The lowest BCUT2D eigenvalue weighted by Crippen LogP contribution is -2.06. The second-order valence-corrected chi connectivity index (χ2v) is 5.89. The molecule has 2 aromatic carbocycles. The molecule has 0 aliphatic heterocycles. The predicted molar refractivity (Wildman–Crippen MR) is 90.3 cm³/mol. The highest BCUT2D eigenvalue weighted by Gasteiger charge is 2.21. The van der Waals surface area contributed by atoms with Gasteiger partial charge in [0.25, 0.3) is 0 Å². The van der Waals surface area contributed by atoms with E-state index in [1.165, 1.54) is 6.07 Å². The van der Waals surface area contributed by atoms with E-state index in [1.54, 1.807) is 6.92 Å². The first kappa shape index (κ1) is 15.7. The second-order valence-electron chi connectivity index (χ2n) is 5.13. The van der Waals surface area contributed by atoms with E-state index in [2.05, 4.69) is 4.98 Å². The largest absolute Gasteiger partial charge is 0.506 e. The maximum absolute atomic E-state index is 12.4. The summed E-state index contributed by atoms with van der Waals surface area (Å²) < 4.78 is 5.35. The van der Waals surface area contributed by atoms with Crippen molar-refractivity contribution in [2.45, 2.75) is 13.5 Å². The van der Waals surface area contributed by atoms with Gasteiger partial charge in [-0.15, -0.1) is 0 Å². The molecule has 0 radical (unpaired) electrons. The van der Waals surface area contributed by atoms with Crippen molar-refractivity contribution in [3.63, 3.8) is 0 Å². The molecule has 4 nitrogen and oxygen atoms in total. The lowest BCUT2D eigenvalue weighted by molar-refractivity contribution is 0.0474. The highest BCUT2D eigenvalue weighted by molar-refractivity contribution is 6.46. The maximum Gasteiger partial charge on any atom is 0.340 e. The Labute approximate surface area is 142 Å². The van der Waals surface area contributed by atoms with Gasteiger partial charge in [-0.1, -0.05) is 53.5 Å². The normalized spacial score (nSPS) is 10.9. The van der Waals surface area contributed by atoms with Crippen molar-refractivity contribution in [1.29, 1.82) is 0 Å². The summed E-state index contributed by atoms with van der Waals surface area (Å²) in [5.74, 6) is -0.671. The molecular weight excluding hydrogens is 337 g/mol. The fourth-order valence-electron chi connectivity index (χ4n) is 2.44. The van der Waals surface area contributed by atoms with E-state index in [0.29, 0.717) is 22.2 Å². The number of hydrogen-bond donors (Lipinski definition) is 2. The molecule has 0 unspecified atom stereocenters. The molecule has 1 aromatic heterocycles. The van der Waals surface area contributed by atoms with Crippen LogP contribution in [0, 0.1) is 6.92 Å². The predicted octanol–water partition coefficient (Wildman–Crippen LogP) is 4.85. The van der Waals surface area contributed by atoms with Gasteiger partial charge in [-0.05, 0) is 18.6 Å². The molecule has 0 fully saturated rings. The van der Waals surface area contributed by atoms with Gasteiger partial charge >= 0.3 is 5.97 Å². The van der Waals surface area contributed by atoms with Gasteiger partial charge in [0.2, 0.25) is 0 Å². The van der Waals surface area contributed by atoms with Gasteiger partial charge in [0, 0.05) is 11.1 Å². The summed E-state index contributed by atoms with van der Waals surface area (Å²) in [6, 6.07) is 10.8. The number of fused-ring (bicyclic) bond motifs is 1. The van der Waals surface area contributed by atoms with Gasteiger partial charge in [-0.3, -0.25) is 0 Å². The molecule has 0 aliphatic carbocycles. The summed E-state index contributed by atoms with van der Waals surface area (Å²) in [6.07, 6.45) is 0. The number of rotatable bonds is 3. The van der Waals surface area contributed by atoms with Crippen molar-refractivity contribution in [2.75, 3.05) is 0 Å². The van der Waals surface area contributed by atoms with Crippen LogP contribution in [0.1, 0.15) is 21.6 Å². The quantitative estimate of drug-likeness (QED) is 0.664. The van der Waals surface area contributed by atoms with E-state index < -0.39 is 5.97 Å². The molecule has 0 aliphatic rings. The van der Waals surface area contributed by atoms with Crippen LogP contribution in [-0.4, -0.2) is 16.1 Å². The summed E-state index contributed by atoms with van der Waals surface area (Å²) >= 11 is 12.0. The Morgan fingerprint density at radius 1 is 1.22 bits per heavy atom. The zero-order chi connectivity index (χ0) is 16.6. The minimum atomic E-state index is -0.490. The second kappa shape index (κ2) is 6.14. The van der Waals surface area contributed by atoms with Crippen LogP contribution in [0.15, 0.2) is 36.4 Å². The Bertz CT molecular complexity index is 888. The Morgan fingerprint density at radius 3 is 2.61 bits per heavy atom. The zero-order valence-corrected chi connectivity index (χ0v) is 13.7. The van der Waals surface area contributed by atoms with Crippen LogP contribution in [0.4, 0.5) is 0 Å². The van der Waals surface area contributed by atoms with Gasteiger partial charge in [0.05, 0.1) is 16.1 Å². The molecule has 0 saturated heterocycles. The standard InChI is InChI=1S/C17H13Cl2NO3/c1-9-13(17(22)23-8-10-5-3-2-4-6-10)11-7-12(21)14(18)15(19)16(11)20-9/h2-7,20-21H,8H2,1H3. The number of aromatic amines is 1. The topological polar surface area (TPSA) is 62.3 Å². The number of esters is 1. The van der Waals surface area contributed by atoms with Crippen LogP contribution in [-0.2, 0) is 11.3 Å². The number of H-pyrrole nitrogens is 1. The summed E-state index contributed by atoms with van der Waals surface area (Å²) in [5, 5.41) is 10.5. The van der Waals surface area contributed by atoms with Crippen molar-refractivity contribution in [3.8, 4) is 5.75 Å². The molecule has 2 N–H and O–H groups in total. The highest BCUT2D eigenvalue weighted by atomic mass is 35.5. The molecule has 3 aromatic rings. The third kappa shape index (κ3) is 2.87. The van der Waals surface area contributed by atoms with Gasteiger partial charge in [-0.2, -0.15) is 0 Å². The SMILES string of the molecule is Cc1[nH]c2c(Cl)c(Cl)c(O)cc2c1C(=O)OCc1ccccc1. The number of ether oxygens (including phenoxy) is 1. The number of nitrogens with one attached hydrogen (secondary N) is 1. The maximum atomic E-state index is 12.4. The fourth-order valence-corrected chi connectivity index (χ4v) is 2.84. The van der Waals surface area contributed by atoms with E-state index in [1.807, 2.05) is 30.3 Å². The van der Waals surface area contributed by atoms with Gasteiger partial charge in [0.15, 0.2) is 0 Å². The number of aryl methyl sites for hydroxylation is 1. The third-order valence-corrected chi connectivity index (χ3v) is 4.42. The number of phenols is 1. The summed E-state index contributed by atoms with van der Waals surface area (Å²) in [7, 11) is 0. The minimum Gasteiger partial charge on any atom is -0.506 e. The number of hydrogen-bond acceptors (Lipinski definition) is 3. The lowest BCUT2D eigenvalue weighted by atomic mass is 10.1.